The van der Waals surface area contributed by atoms with Crippen LogP contribution in [0.25, 0.3) is 16.5 Å². The van der Waals surface area contributed by atoms with Crippen LogP contribution in [0.15, 0.2) is 30.6 Å². The van der Waals surface area contributed by atoms with E-state index in [0.717, 1.165) is 19.1 Å². The number of fused-ring (bicyclic) bond motifs is 1. The molecule has 0 radical (unpaired) electrons. The van der Waals surface area contributed by atoms with Gasteiger partial charge >= 0.3 is 6.09 Å². The van der Waals surface area contributed by atoms with Crippen molar-refractivity contribution in [3.05, 3.63) is 41.7 Å². The normalized spacial score (nSPS) is 17.4. The number of hydrogen-bond acceptors (Lipinski definition) is 7. The predicted octanol–water partition coefficient (Wildman–Crippen LogP) is 3.39. The number of nitrogens with two attached hydrogens (primary N) is 2. The van der Waals surface area contributed by atoms with Crippen molar-refractivity contribution in [2.24, 2.45) is 11.5 Å². The topological polar surface area (TPSA) is 156 Å². The standard InChI is InChI=1S/C17H17F2N5O.C6H11NO2/c18-17(19)4-11(5-17)24-15-12-3-9(10(6-20)7-21)1-2-14(12)23-8-13(15)16(22)25;1-9-6(8)7-5-3-2-4-5/h1-3,6-8,11,20H,4-5,21H2,(H2,22,25)(H,23,24);5H,2-4H2,1H3,(H,7,8)/b10-7+,20-6?;. The summed E-state index contributed by atoms with van der Waals surface area (Å²) in [5.74, 6) is -3.39. The summed E-state index contributed by atoms with van der Waals surface area (Å²) in [5.41, 5.74) is 13.1. The summed E-state index contributed by atoms with van der Waals surface area (Å²) in [6, 6.07) is 5.09. The van der Waals surface area contributed by atoms with Gasteiger partial charge in [0.25, 0.3) is 11.8 Å². The fourth-order valence-electron chi connectivity index (χ4n) is 3.69. The van der Waals surface area contributed by atoms with Gasteiger partial charge in [-0.3, -0.25) is 9.78 Å². The van der Waals surface area contributed by atoms with Crippen molar-refractivity contribution in [1.29, 1.82) is 5.41 Å². The molecule has 0 bridgehead atoms. The molecule has 2 fully saturated rings. The number of hydrogen-bond donors (Lipinski definition) is 5. The van der Waals surface area contributed by atoms with Crippen LogP contribution in [0.1, 0.15) is 48.0 Å². The van der Waals surface area contributed by atoms with Crippen LogP contribution in [-0.4, -0.2) is 48.3 Å². The highest BCUT2D eigenvalue weighted by molar-refractivity contribution is 6.11. The minimum absolute atomic E-state index is 0.132. The van der Waals surface area contributed by atoms with E-state index in [1.165, 1.54) is 25.9 Å². The van der Waals surface area contributed by atoms with Gasteiger partial charge in [-0.2, -0.15) is 0 Å². The van der Waals surface area contributed by atoms with E-state index in [-0.39, 0.29) is 24.5 Å². The van der Waals surface area contributed by atoms with Gasteiger partial charge in [0.2, 0.25) is 0 Å². The molecule has 1 aromatic carbocycles. The molecular formula is C23H28F2N6O3. The lowest BCUT2D eigenvalue weighted by Crippen LogP contribution is -2.44. The summed E-state index contributed by atoms with van der Waals surface area (Å²) >= 11 is 0. The van der Waals surface area contributed by atoms with Crippen LogP contribution in [0.3, 0.4) is 0 Å². The zero-order valence-corrected chi connectivity index (χ0v) is 18.7. The fourth-order valence-corrected chi connectivity index (χ4v) is 3.69. The number of carbonyl (C=O) groups is 2. The number of rotatable bonds is 6. The molecule has 9 nitrogen and oxygen atoms in total. The molecule has 1 aromatic heterocycles. The number of primary amides is 1. The number of allylic oxidation sites excluding steroid dienone is 1. The quantitative estimate of drug-likeness (QED) is 0.404. The van der Waals surface area contributed by atoms with Crippen molar-refractivity contribution in [3.63, 3.8) is 0 Å². The van der Waals surface area contributed by atoms with Gasteiger partial charge in [-0.15, -0.1) is 0 Å². The molecular weight excluding hydrogens is 446 g/mol. The molecule has 4 rings (SSSR count). The SMILES string of the molecule is COC(=O)NC1CCC1.N=C/C(=C\N)c1ccc2ncc(C(N)=O)c(NC3CC(F)(F)C3)c2c1. The lowest BCUT2D eigenvalue weighted by molar-refractivity contribution is -0.0793. The number of benzene rings is 1. The molecule has 11 heteroatoms. The molecule has 34 heavy (non-hydrogen) atoms. The Kier molecular flexibility index (Phi) is 7.64. The van der Waals surface area contributed by atoms with E-state index in [1.807, 2.05) is 0 Å². The second-order valence-corrected chi connectivity index (χ2v) is 8.28. The average molecular weight is 475 g/mol. The maximum absolute atomic E-state index is 13.1. The van der Waals surface area contributed by atoms with E-state index >= 15 is 0 Å². The molecule has 0 atom stereocenters. The zero-order chi connectivity index (χ0) is 24.9. The fraction of sp³-hybridized carbons (Fsp3) is 0.391. The Morgan fingerprint density at radius 1 is 1.26 bits per heavy atom. The predicted molar refractivity (Wildman–Crippen MR) is 126 cm³/mol. The minimum Gasteiger partial charge on any atom is -0.453 e. The lowest BCUT2D eigenvalue weighted by Gasteiger charge is -2.36. The monoisotopic (exact) mass is 474 g/mol. The number of anilines is 1. The van der Waals surface area contributed by atoms with Crippen molar-refractivity contribution in [2.75, 3.05) is 12.4 Å². The number of carbonyl (C=O) groups excluding carboxylic acids is 2. The van der Waals surface area contributed by atoms with Gasteiger partial charge in [-0.05, 0) is 37.0 Å². The van der Waals surface area contributed by atoms with Crippen LogP contribution in [0, 0.1) is 5.41 Å². The van der Waals surface area contributed by atoms with E-state index in [0.29, 0.717) is 33.8 Å². The number of alkyl carbamates (subject to hydrolysis) is 1. The van der Waals surface area contributed by atoms with Crippen LogP contribution in [0.4, 0.5) is 19.3 Å². The van der Waals surface area contributed by atoms with E-state index in [9.17, 15) is 18.4 Å². The number of nitrogens with zero attached hydrogens (tertiary/aromatic N) is 1. The Bertz CT molecular complexity index is 1110. The Balaban J connectivity index is 0.000000302. The van der Waals surface area contributed by atoms with Crippen molar-refractivity contribution < 1.29 is 23.1 Å². The largest absolute Gasteiger partial charge is 0.453 e. The lowest BCUT2D eigenvalue weighted by atomic mass is 9.87. The summed E-state index contributed by atoms with van der Waals surface area (Å²) in [6.45, 7) is 0. The van der Waals surface area contributed by atoms with Gasteiger partial charge in [-0.1, -0.05) is 6.07 Å². The van der Waals surface area contributed by atoms with Gasteiger partial charge in [-0.25, -0.2) is 13.6 Å². The molecule has 7 N–H and O–H groups in total. The van der Waals surface area contributed by atoms with Crippen molar-refractivity contribution in [1.82, 2.24) is 10.3 Å². The summed E-state index contributed by atoms with van der Waals surface area (Å²) in [7, 11) is 1.38. The molecule has 0 saturated heterocycles. The molecule has 0 aliphatic heterocycles. The number of amides is 2. The number of aromatic nitrogens is 1. The van der Waals surface area contributed by atoms with E-state index in [1.54, 1.807) is 18.2 Å². The molecule has 2 saturated carbocycles. The van der Waals surface area contributed by atoms with Gasteiger partial charge in [0.15, 0.2) is 0 Å². The number of alkyl halides is 2. The molecule has 182 valence electrons. The molecule has 2 aliphatic rings. The molecule has 2 aliphatic carbocycles. The first-order valence-electron chi connectivity index (χ1n) is 10.8. The molecule has 2 amide bonds. The first-order chi connectivity index (χ1) is 16.2. The third-order valence-corrected chi connectivity index (χ3v) is 5.85. The third-order valence-electron chi connectivity index (χ3n) is 5.85. The highest BCUT2D eigenvalue weighted by Crippen LogP contribution is 2.40. The smallest absolute Gasteiger partial charge is 0.407 e. The maximum atomic E-state index is 13.1. The van der Waals surface area contributed by atoms with Crippen LogP contribution in [0.2, 0.25) is 0 Å². The molecule has 0 spiro atoms. The van der Waals surface area contributed by atoms with Crippen molar-refractivity contribution in [2.45, 2.75) is 50.1 Å². The summed E-state index contributed by atoms with van der Waals surface area (Å²) in [5, 5.41) is 13.7. The second-order valence-electron chi connectivity index (χ2n) is 8.28. The number of methoxy groups -OCH3 is 1. The highest BCUT2D eigenvalue weighted by Gasteiger charge is 2.45. The first-order valence-corrected chi connectivity index (χ1v) is 10.8. The average Bonchev–Trinajstić information content (AvgIpc) is 2.76. The minimum atomic E-state index is -2.69. The summed E-state index contributed by atoms with van der Waals surface area (Å²) in [6.07, 6.45) is 6.26. The summed E-state index contributed by atoms with van der Waals surface area (Å²) < 4.78 is 30.7. The highest BCUT2D eigenvalue weighted by atomic mass is 19.3. The Morgan fingerprint density at radius 2 is 1.97 bits per heavy atom. The van der Waals surface area contributed by atoms with Gasteiger partial charge in [0.1, 0.15) is 0 Å². The van der Waals surface area contributed by atoms with E-state index in [2.05, 4.69) is 20.4 Å². The number of nitrogens with one attached hydrogen (secondary N) is 3. The van der Waals surface area contributed by atoms with Crippen LogP contribution < -0.4 is 22.1 Å². The number of halogens is 2. The van der Waals surface area contributed by atoms with Crippen LogP contribution in [-0.2, 0) is 4.74 Å². The van der Waals surface area contributed by atoms with Crippen molar-refractivity contribution >= 4 is 40.4 Å². The van der Waals surface area contributed by atoms with Gasteiger partial charge in [0.05, 0.1) is 23.9 Å². The number of pyridine rings is 1. The maximum Gasteiger partial charge on any atom is 0.407 e. The zero-order valence-electron chi connectivity index (χ0n) is 18.7. The van der Waals surface area contributed by atoms with E-state index < -0.39 is 17.9 Å². The summed E-state index contributed by atoms with van der Waals surface area (Å²) in [4.78, 5) is 26.4. The molecule has 0 unspecified atom stereocenters. The third kappa shape index (κ3) is 5.77. The number of ether oxygens (including phenoxy) is 1. The first kappa shape index (κ1) is 24.9. The Hall–Kier alpha value is -3.76. The van der Waals surface area contributed by atoms with Gasteiger partial charge < -0.3 is 32.2 Å². The van der Waals surface area contributed by atoms with Crippen LogP contribution >= 0.6 is 0 Å². The Labute approximate surface area is 195 Å². The second kappa shape index (κ2) is 10.4. The van der Waals surface area contributed by atoms with Gasteiger partial charge in [0, 0.05) is 54.5 Å². The van der Waals surface area contributed by atoms with Crippen molar-refractivity contribution in [3.8, 4) is 0 Å². The molecule has 1 heterocycles. The van der Waals surface area contributed by atoms with Crippen LogP contribution in [0.5, 0.6) is 0 Å². The Morgan fingerprint density at radius 3 is 2.47 bits per heavy atom. The van der Waals surface area contributed by atoms with E-state index in [4.69, 9.17) is 16.9 Å². The molecule has 2 aromatic rings.